The van der Waals surface area contributed by atoms with Gasteiger partial charge in [0.15, 0.2) is 0 Å². The molecule has 0 amide bonds. The summed E-state index contributed by atoms with van der Waals surface area (Å²) in [6.45, 7) is 3.64. The summed E-state index contributed by atoms with van der Waals surface area (Å²) in [6, 6.07) is 16.5. The van der Waals surface area contributed by atoms with Crippen LogP contribution in [-0.2, 0) is 16.6 Å². The molecule has 0 spiro atoms. The van der Waals surface area contributed by atoms with E-state index in [4.69, 9.17) is 4.42 Å². The molecule has 3 aromatic rings. The first-order chi connectivity index (χ1) is 14.5. The molecule has 0 radical (unpaired) electrons. The zero-order chi connectivity index (χ0) is 21.1. The predicted molar refractivity (Wildman–Crippen MR) is 113 cm³/mol. The number of nitriles is 1. The summed E-state index contributed by atoms with van der Waals surface area (Å²) in [6.07, 6.45) is 1.78. The van der Waals surface area contributed by atoms with Gasteiger partial charge in [0, 0.05) is 25.2 Å². The Morgan fingerprint density at radius 2 is 1.77 bits per heavy atom. The third kappa shape index (κ3) is 4.08. The molecule has 1 saturated heterocycles. The minimum Gasteiger partial charge on any atom is -0.419 e. The standard InChI is InChI=1S/C22H22N4O3S/c1-16-4-6-17(7-5-16)15-24-22-20(14-23)25-21(29-22)18-8-10-19(11-9-18)30(27,28)26-12-2-3-13-26/h4-11,24H,2-3,12-13,15H2,1H3. The number of sulfonamides is 1. The number of hydrogen-bond acceptors (Lipinski definition) is 6. The fraction of sp³-hybridized carbons (Fsp3) is 0.273. The van der Waals surface area contributed by atoms with Crippen LogP contribution in [0.2, 0.25) is 0 Å². The highest BCUT2D eigenvalue weighted by Crippen LogP contribution is 2.28. The third-order valence-electron chi connectivity index (χ3n) is 5.11. The Balaban J connectivity index is 1.53. The molecule has 7 nitrogen and oxygen atoms in total. The summed E-state index contributed by atoms with van der Waals surface area (Å²) < 4.78 is 32.6. The minimum atomic E-state index is -3.47. The second-order valence-electron chi connectivity index (χ2n) is 7.28. The number of aromatic nitrogens is 1. The molecule has 154 valence electrons. The molecule has 0 aliphatic carbocycles. The molecule has 2 aromatic carbocycles. The van der Waals surface area contributed by atoms with Crippen LogP contribution in [-0.4, -0.2) is 30.8 Å². The van der Waals surface area contributed by atoms with Crippen LogP contribution in [0.3, 0.4) is 0 Å². The van der Waals surface area contributed by atoms with Crippen LogP contribution in [0.5, 0.6) is 0 Å². The van der Waals surface area contributed by atoms with E-state index < -0.39 is 10.0 Å². The second-order valence-corrected chi connectivity index (χ2v) is 9.22. The van der Waals surface area contributed by atoms with Crippen molar-refractivity contribution in [3.05, 3.63) is 65.4 Å². The number of anilines is 1. The Labute approximate surface area is 176 Å². The Bertz CT molecular complexity index is 1170. The normalized spacial score (nSPS) is 14.5. The molecule has 1 aliphatic rings. The van der Waals surface area contributed by atoms with Crippen LogP contribution in [0, 0.1) is 18.3 Å². The van der Waals surface area contributed by atoms with Crippen LogP contribution < -0.4 is 5.32 Å². The first-order valence-electron chi connectivity index (χ1n) is 9.78. The molecular formula is C22H22N4O3S. The van der Waals surface area contributed by atoms with Crippen molar-refractivity contribution in [1.29, 1.82) is 5.26 Å². The Kier molecular flexibility index (Phi) is 5.57. The lowest BCUT2D eigenvalue weighted by molar-refractivity contribution is 0.477. The van der Waals surface area contributed by atoms with Gasteiger partial charge in [-0.05, 0) is 49.6 Å². The van der Waals surface area contributed by atoms with Crippen molar-refractivity contribution < 1.29 is 12.8 Å². The quantitative estimate of drug-likeness (QED) is 0.646. The summed E-state index contributed by atoms with van der Waals surface area (Å²) in [5, 5.41) is 12.5. The highest BCUT2D eigenvalue weighted by atomic mass is 32.2. The van der Waals surface area contributed by atoms with Gasteiger partial charge >= 0.3 is 0 Å². The molecule has 1 N–H and O–H groups in total. The van der Waals surface area contributed by atoms with Crippen LogP contribution >= 0.6 is 0 Å². The third-order valence-corrected chi connectivity index (χ3v) is 7.02. The number of benzene rings is 2. The lowest BCUT2D eigenvalue weighted by Gasteiger charge is -2.15. The summed E-state index contributed by atoms with van der Waals surface area (Å²) in [7, 11) is -3.47. The number of oxazole rings is 1. The predicted octanol–water partition coefficient (Wildman–Crippen LogP) is 3.92. The maximum atomic E-state index is 12.7. The molecule has 1 aromatic heterocycles. The molecule has 0 saturated carbocycles. The lowest BCUT2D eigenvalue weighted by Crippen LogP contribution is -2.27. The van der Waals surface area contributed by atoms with Gasteiger partial charge in [-0.2, -0.15) is 14.6 Å². The smallest absolute Gasteiger partial charge is 0.243 e. The van der Waals surface area contributed by atoms with E-state index in [1.54, 1.807) is 24.3 Å². The fourth-order valence-electron chi connectivity index (χ4n) is 3.37. The van der Waals surface area contributed by atoms with Crippen molar-refractivity contribution in [2.75, 3.05) is 18.4 Å². The average Bonchev–Trinajstić information content (AvgIpc) is 3.44. The van der Waals surface area contributed by atoms with Crippen molar-refractivity contribution in [2.24, 2.45) is 0 Å². The average molecular weight is 423 g/mol. The molecule has 1 fully saturated rings. The first-order valence-corrected chi connectivity index (χ1v) is 11.2. The molecule has 0 unspecified atom stereocenters. The monoisotopic (exact) mass is 422 g/mol. The zero-order valence-electron chi connectivity index (χ0n) is 16.6. The SMILES string of the molecule is Cc1ccc(CNc2oc(-c3ccc(S(=O)(=O)N4CCCC4)cc3)nc2C#N)cc1. The van der Waals surface area contributed by atoms with Crippen LogP contribution in [0.25, 0.3) is 11.5 Å². The maximum Gasteiger partial charge on any atom is 0.243 e. The fourth-order valence-corrected chi connectivity index (χ4v) is 4.89. The van der Waals surface area contributed by atoms with Gasteiger partial charge in [0.1, 0.15) is 6.07 Å². The molecular weight excluding hydrogens is 400 g/mol. The number of nitrogens with one attached hydrogen (secondary N) is 1. The van der Waals surface area contributed by atoms with Gasteiger partial charge in [0.2, 0.25) is 27.5 Å². The van der Waals surface area contributed by atoms with E-state index in [9.17, 15) is 13.7 Å². The van der Waals surface area contributed by atoms with Gasteiger partial charge in [-0.3, -0.25) is 0 Å². The summed E-state index contributed by atoms with van der Waals surface area (Å²) in [4.78, 5) is 4.49. The molecule has 0 atom stereocenters. The summed E-state index contributed by atoms with van der Waals surface area (Å²) in [5.41, 5.74) is 2.99. The number of nitrogens with zero attached hydrogens (tertiary/aromatic N) is 3. The van der Waals surface area contributed by atoms with E-state index >= 15 is 0 Å². The van der Waals surface area contributed by atoms with Gasteiger partial charge in [0.25, 0.3) is 0 Å². The van der Waals surface area contributed by atoms with Gasteiger partial charge < -0.3 is 9.73 Å². The van der Waals surface area contributed by atoms with Gasteiger partial charge in [-0.15, -0.1) is 0 Å². The number of hydrogen-bond donors (Lipinski definition) is 1. The first kappa shape index (κ1) is 20.1. The van der Waals surface area contributed by atoms with E-state index in [0.29, 0.717) is 31.1 Å². The number of rotatable bonds is 6. The Morgan fingerprint density at radius 1 is 1.10 bits per heavy atom. The molecule has 1 aliphatic heterocycles. The van der Waals surface area contributed by atoms with Crippen LogP contribution in [0.1, 0.15) is 29.7 Å². The summed E-state index contributed by atoms with van der Waals surface area (Å²) >= 11 is 0. The molecule has 0 bridgehead atoms. The van der Waals surface area contributed by atoms with E-state index in [-0.39, 0.29) is 16.5 Å². The van der Waals surface area contributed by atoms with Crippen molar-refractivity contribution in [3.63, 3.8) is 0 Å². The topological polar surface area (TPSA) is 99.2 Å². The zero-order valence-corrected chi connectivity index (χ0v) is 17.4. The van der Waals surface area contributed by atoms with Crippen LogP contribution in [0.15, 0.2) is 57.8 Å². The van der Waals surface area contributed by atoms with Crippen molar-refractivity contribution in [2.45, 2.75) is 31.2 Å². The van der Waals surface area contributed by atoms with E-state index in [1.165, 1.54) is 9.87 Å². The van der Waals surface area contributed by atoms with E-state index in [2.05, 4.69) is 10.3 Å². The lowest BCUT2D eigenvalue weighted by atomic mass is 10.1. The van der Waals surface area contributed by atoms with E-state index in [1.807, 2.05) is 37.3 Å². The van der Waals surface area contributed by atoms with Crippen molar-refractivity contribution >= 4 is 15.9 Å². The highest BCUT2D eigenvalue weighted by Gasteiger charge is 2.27. The maximum absolute atomic E-state index is 12.7. The minimum absolute atomic E-state index is 0.158. The Morgan fingerprint density at radius 3 is 2.40 bits per heavy atom. The summed E-state index contributed by atoms with van der Waals surface area (Å²) in [5.74, 6) is 0.560. The molecule has 4 rings (SSSR count). The van der Waals surface area contributed by atoms with Gasteiger partial charge in [-0.1, -0.05) is 29.8 Å². The largest absolute Gasteiger partial charge is 0.419 e. The van der Waals surface area contributed by atoms with Gasteiger partial charge in [-0.25, -0.2) is 8.42 Å². The highest BCUT2D eigenvalue weighted by molar-refractivity contribution is 7.89. The van der Waals surface area contributed by atoms with E-state index in [0.717, 1.165) is 18.4 Å². The Hall–Kier alpha value is -3.15. The molecule has 30 heavy (non-hydrogen) atoms. The second kappa shape index (κ2) is 8.30. The number of aryl methyl sites for hydroxylation is 1. The van der Waals surface area contributed by atoms with Crippen LogP contribution in [0.4, 0.5) is 5.88 Å². The van der Waals surface area contributed by atoms with Gasteiger partial charge in [0.05, 0.1) is 4.90 Å². The van der Waals surface area contributed by atoms with Crippen molar-refractivity contribution in [1.82, 2.24) is 9.29 Å². The molecule has 2 heterocycles. The van der Waals surface area contributed by atoms with Crippen molar-refractivity contribution in [3.8, 4) is 17.5 Å². The molecule has 8 heteroatoms.